The third kappa shape index (κ3) is 9.34. The van der Waals surface area contributed by atoms with Crippen LogP contribution in [0.1, 0.15) is 125 Å². The number of aromatic nitrogens is 4. The quantitative estimate of drug-likeness (QED) is 0.0871. The number of nitrogens with zero attached hydrogens (tertiary/aromatic N) is 3. The predicted octanol–water partition coefficient (Wildman–Crippen LogP) is 9.40. The highest BCUT2D eigenvalue weighted by molar-refractivity contribution is 6.34. The minimum atomic E-state index is -0.383. The standard InChI is InChI=1S/C36H48ClN5O4/c1-6-8-9-10-11-12-13-14-15-16-23-46-35(44)26-19-17-25(18-20-26)34(43)38-29-22-21-27(45-7-2)24-28(29)32-39-33-30(37)31(36(3,4)5)40-42(33)41-32/h17-22,24,40H,6-16,23H2,1-5H3,(H,38,43). The maximum absolute atomic E-state index is 13.3. The number of rotatable bonds is 17. The van der Waals surface area contributed by atoms with Crippen LogP contribution in [0, 0.1) is 0 Å². The lowest BCUT2D eigenvalue weighted by Crippen LogP contribution is -2.14. The Morgan fingerprint density at radius 2 is 1.52 bits per heavy atom. The number of hydrogen-bond donors (Lipinski definition) is 2. The molecule has 0 aliphatic rings. The number of benzene rings is 2. The Kier molecular flexibility index (Phi) is 12.7. The lowest BCUT2D eigenvalue weighted by Gasteiger charge is -2.16. The first-order valence-corrected chi connectivity index (χ1v) is 17.0. The molecule has 0 aliphatic carbocycles. The molecule has 0 atom stereocenters. The van der Waals surface area contributed by atoms with Crippen molar-refractivity contribution in [3.8, 4) is 17.1 Å². The average molecular weight is 650 g/mol. The first-order chi connectivity index (χ1) is 22.1. The Labute approximate surface area is 277 Å². The monoisotopic (exact) mass is 649 g/mol. The van der Waals surface area contributed by atoms with Gasteiger partial charge in [0.2, 0.25) is 0 Å². The number of carbonyl (C=O) groups is 2. The van der Waals surface area contributed by atoms with Gasteiger partial charge >= 0.3 is 5.97 Å². The third-order valence-electron chi connectivity index (χ3n) is 7.90. The summed E-state index contributed by atoms with van der Waals surface area (Å²) in [7, 11) is 0. The zero-order valence-electron chi connectivity index (χ0n) is 27.9. The molecule has 248 valence electrons. The SMILES string of the molecule is CCCCCCCCCCCCOC(=O)c1ccc(C(=O)Nc2ccc(OCC)cc2-c2nc3c(Cl)c(C(C)(C)C)[nH]n3n2)cc1. The molecule has 2 aromatic carbocycles. The number of unbranched alkanes of at least 4 members (excludes halogenated alkanes) is 9. The summed E-state index contributed by atoms with van der Waals surface area (Å²) in [6.45, 7) is 11.2. The number of esters is 1. The number of H-pyrrole nitrogens is 1. The van der Waals surface area contributed by atoms with Gasteiger partial charge in [0.15, 0.2) is 11.5 Å². The minimum absolute atomic E-state index is 0.216. The molecule has 2 heterocycles. The van der Waals surface area contributed by atoms with Gasteiger partial charge in [0, 0.05) is 16.5 Å². The van der Waals surface area contributed by atoms with Crippen LogP contribution >= 0.6 is 11.6 Å². The normalized spacial score (nSPS) is 11.6. The molecular formula is C36H48ClN5O4. The van der Waals surface area contributed by atoms with Crippen LogP contribution in [-0.2, 0) is 10.2 Å². The molecule has 46 heavy (non-hydrogen) atoms. The van der Waals surface area contributed by atoms with Gasteiger partial charge in [-0.15, -0.1) is 5.10 Å². The molecular weight excluding hydrogens is 602 g/mol. The van der Waals surface area contributed by atoms with Crippen molar-refractivity contribution >= 4 is 34.8 Å². The molecule has 0 saturated carbocycles. The lowest BCUT2D eigenvalue weighted by atomic mass is 9.92. The first kappa shape index (κ1) is 35.0. The highest BCUT2D eigenvalue weighted by Crippen LogP contribution is 2.34. The van der Waals surface area contributed by atoms with Gasteiger partial charge in [-0.3, -0.25) is 9.89 Å². The first-order valence-electron chi connectivity index (χ1n) is 16.6. The summed E-state index contributed by atoms with van der Waals surface area (Å²) < 4.78 is 12.7. The topological polar surface area (TPSA) is 111 Å². The highest BCUT2D eigenvalue weighted by Gasteiger charge is 2.25. The van der Waals surface area contributed by atoms with Gasteiger partial charge in [-0.1, -0.05) is 97.1 Å². The van der Waals surface area contributed by atoms with E-state index in [9.17, 15) is 9.59 Å². The van der Waals surface area contributed by atoms with Crippen molar-refractivity contribution < 1.29 is 19.1 Å². The molecule has 0 fully saturated rings. The number of fused-ring (bicyclic) bond motifs is 1. The summed E-state index contributed by atoms with van der Waals surface area (Å²) >= 11 is 6.66. The minimum Gasteiger partial charge on any atom is -0.494 e. The molecule has 4 aromatic rings. The molecule has 0 aliphatic heterocycles. The Bertz CT molecular complexity index is 1590. The van der Waals surface area contributed by atoms with Crippen LogP contribution in [0.2, 0.25) is 5.02 Å². The van der Waals surface area contributed by atoms with Crippen LogP contribution < -0.4 is 10.1 Å². The van der Waals surface area contributed by atoms with Gasteiger partial charge in [-0.25, -0.2) is 9.78 Å². The van der Waals surface area contributed by atoms with Gasteiger partial charge in [0.05, 0.1) is 30.2 Å². The van der Waals surface area contributed by atoms with Gasteiger partial charge < -0.3 is 14.8 Å². The fourth-order valence-corrected chi connectivity index (χ4v) is 5.72. The molecule has 2 aromatic heterocycles. The fraction of sp³-hybridized carbons (Fsp3) is 0.500. The number of nitrogens with one attached hydrogen (secondary N) is 2. The van der Waals surface area contributed by atoms with Crippen LogP contribution in [0.5, 0.6) is 5.75 Å². The van der Waals surface area contributed by atoms with E-state index in [1.165, 1.54) is 51.4 Å². The molecule has 0 saturated heterocycles. The van der Waals surface area contributed by atoms with E-state index in [0.29, 0.717) is 57.8 Å². The molecule has 10 heteroatoms. The number of carbonyl (C=O) groups excluding carboxylic acids is 2. The summed E-state index contributed by atoms with van der Waals surface area (Å²) in [5.74, 6) is 0.280. The van der Waals surface area contributed by atoms with E-state index in [1.54, 1.807) is 47.1 Å². The largest absolute Gasteiger partial charge is 0.494 e. The zero-order chi connectivity index (χ0) is 33.1. The zero-order valence-corrected chi connectivity index (χ0v) is 28.6. The summed E-state index contributed by atoms with van der Waals surface area (Å²) in [6, 6.07) is 11.8. The van der Waals surface area contributed by atoms with Crippen LogP contribution in [0.15, 0.2) is 42.5 Å². The van der Waals surface area contributed by atoms with Gasteiger partial charge in [0.25, 0.3) is 5.91 Å². The van der Waals surface area contributed by atoms with Gasteiger partial charge in [0.1, 0.15) is 10.8 Å². The lowest BCUT2D eigenvalue weighted by molar-refractivity contribution is 0.0497. The summed E-state index contributed by atoms with van der Waals surface area (Å²) in [5.41, 5.74) is 3.01. The Hall–Kier alpha value is -3.85. The summed E-state index contributed by atoms with van der Waals surface area (Å²) in [5, 5.41) is 11.3. The van der Waals surface area contributed by atoms with E-state index in [0.717, 1.165) is 18.5 Å². The van der Waals surface area contributed by atoms with E-state index in [2.05, 4.69) is 48.2 Å². The van der Waals surface area contributed by atoms with Crippen molar-refractivity contribution in [1.82, 2.24) is 19.8 Å². The van der Waals surface area contributed by atoms with Crippen molar-refractivity contribution in [3.05, 3.63) is 64.3 Å². The summed E-state index contributed by atoms with van der Waals surface area (Å²) in [4.78, 5) is 30.5. The molecule has 0 spiro atoms. The molecule has 0 bridgehead atoms. The number of amides is 1. The smallest absolute Gasteiger partial charge is 0.338 e. The molecule has 4 rings (SSSR count). The number of hydrogen-bond acceptors (Lipinski definition) is 6. The van der Waals surface area contributed by atoms with Gasteiger partial charge in [-0.2, -0.15) is 4.63 Å². The molecule has 2 N–H and O–H groups in total. The number of halogens is 1. The van der Waals surface area contributed by atoms with E-state index in [1.807, 2.05) is 6.92 Å². The summed E-state index contributed by atoms with van der Waals surface area (Å²) in [6.07, 6.45) is 12.2. The predicted molar refractivity (Wildman–Crippen MR) is 184 cm³/mol. The maximum Gasteiger partial charge on any atom is 0.338 e. The van der Waals surface area contributed by atoms with Crippen molar-refractivity contribution in [2.45, 2.75) is 104 Å². The number of aromatic amines is 1. The van der Waals surface area contributed by atoms with Crippen molar-refractivity contribution in [3.63, 3.8) is 0 Å². The second-order valence-electron chi connectivity index (χ2n) is 12.7. The van der Waals surface area contributed by atoms with Crippen molar-refractivity contribution in [2.75, 3.05) is 18.5 Å². The van der Waals surface area contributed by atoms with Crippen LogP contribution in [0.25, 0.3) is 17.0 Å². The molecule has 0 radical (unpaired) electrons. The fourth-order valence-electron chi connectivity index (χ4n) is 5.27. The van der Waals surface area contributed by atoms with Crippen LogP contribution in [-0.4, -0.2) is 44.9 Å². The van der Waals surface area contributed by atoms with E-state index in [-0.39, 0.29) is 17.3 Å². The second kappa shape index (κ2) is 16.6. The van der Waals surface area contributed by atoms with E-state index >= 15 is 0 Å². The van der Waals surface area contributed by atoms with Crippen LogP contribution in [0.4, 0.5) is 5.69 Å². The van der Waals surface area contributed by atoms with Gasteiger partial charge in [-0.05, 0) is 55.8 Å². The Morgan fingerprint density at radius 3 is 2.13 bits per heavy atom. The van der Waals surface area contributed by atoms with Crippen LogP contribution in [0.3, 0.4) is 0 Å². The number of ether oxygens (including phenoxy) is 2. The molecule has 0 unspecified atom stereocenters. The van der Waals surface area contributed by atoms with E-state index in [4.69, 9.17) is 21.1 Å². The Morgan fingerprint density at radius 1 is 0.891 bits per heavy atom. The maximum atomic E-state index is 13.3. The van der Waals surface area contributed by atoms with Crippen molar-refractivity contribution in [2.24, 2.45) is 0 Å². The van der Waals surface area contributed by atoms with E-state index < -0.39 is 0 Å². The Balaban J connectivity index is 1.34. The molecule has 9 nitrogen and oxygen atoms in total. The second-order valence-corrected chi connectivity index (χ2v) is 13.1. The average Bonchev–Trinajstić information content (AvgIpc) is 3.59. The molecule has 1 amide bonds. The van der Waals surface area contributed by atoms with Crippen molar-refractivity contribution in [1.29, 1.82) is 0 Å². The highest BCUT2D eigenvalue weighted by atomic mass is 35.5. The third-order valence-corrected chi connectivity index (χ3v) is 8.25. The number of anilines is 1.